The molecule has 0 atom stereocenters. The molecule has 0 aromatic rings. The van der Waals surface area contributed by atoms with Crippen LogP contribution in [0.2, 0.25) is 0 Å². The standard InChI is InChI=1S/C10H14O3/c1-13-9-5-2-8(3-6-9)4-7-10(11)12/h2,6H,3-5,7H2,1H3,(H,11,12). The summed E-state index contributed by atoms with van der Waals surface area (Å²) in [6.45, 7) is 0. The van der Waals surface area contributed by atoms with Gasteiger partial charge < -0.3 is 9.84 Å². The van der Waals surface area contributed by atoms with E-state index in [4.69, 9.17) is 9.84 Å². The van der Waals surface area contributed by atoms with Gasteiger partial charge in [-0.3, -0.25) is 4.79 Å². The van der Waals surface area contributed by atoms with Crippen LogP contribution in [-0.2, 0) is 9.53 Å². The summed E-state index contributed by atoms with van der Waals surface area (Å²) in [5, 5.41) is 8.47. The Morgan fingerprint density at radius 2 is 2.31 bits per heavy atom. The van der Waals surface area contributed by atoms with Crippen molar-refractivity contribution in [3.63, 3.8) is 0 Å². The lowest BCUT2D eigenvalue weighted by molar-refractivity contribution is -0.136. The van der Waals surface area contributed by atoms with E-state index in [1.54, 1.807) is 7.11 Å². The van der Waals surface area contributed by atoms with Gasteiger partial charge in [-0.05, 0) is 18.9 Å². The third kappa shape index (κ3) is 3.32. The molecular formula is C10H14O3. The molecule has 0 amide bonds. The Bertz CT molecular complexity index is 251. The predicted octanol–water partition coefficient (Wildman–Crippen LogP) is 2.10. The van der Waals surface area contributed by atoms with Gasteiger partial charge in [0.1, 0.15) is 0 Å². The van der Waals surface area contributed by atoms with Gasteiger partial charge in [0, 0.05) is 12.8 Å². The van der Waals surface area contributed by atoms with E-state index in [1.165, 1.54) is 5.57 Å². The lowest BCUT2D eigenvalue weighted by atomic mass is 10.0. The molecule has 0 aromatic carbocycles. The summed E-state index contributed by atoms with van der Waals surface area (Å²) in [4.78, 5) is 10.3. The number of hydrogen-bond donors (Lipinski definition) is 1. The van der Waals surface area contributed by atoms with Crippen LogP contribution in [0.5, 0.6) is 0 Å². The molecule has 0 aliphatic heterocycles. The third-order valence-corrected chi connectivity index (χ3v) is 2.11. The Hall–Kier alpha value is -1.25. The summed E-state index contributed by atoms with van der Waals surface area (Å²) in [5.41, 5.74) is 1.20. The average molecular weight is 182 g/mol. The second-order valence-corrected chi connectivity index (χ2v) is 3.04. The normalized spacial score (nSPS) is 16.1. The second-order valence-electron chi connectivity index (χ2n) is 3.04. The molecule has 0 unspecified atom stereocenters. The van der Waals surface area contributed by atoms with Crippen LogP contribution in [0.3, 0.4) is 0 Å². The first kappa shape index (κ1) is 9.84. The molecule has 1 rings (SSSR count). The van der Waals surface area contributed by atoms with E-state index in [0.717, 1.165) is 18.6 Å². The van der Waals surface area contributed by atoms with Crippen molar-refractivity contribution in [2.45, 2.75) is 25.7 Å². The van der Waals surface area contributed by atoms with Gasteiger partial charge in [-0.2, -0.15) is 0 Å². The van der Waals surface area contributed by atoms with E-state index < -0.39 is 5.97 Å². The van der Waals surface area contributed by atoms with Crippen molar-refractivity contribution in [1.29, 1.82) is 0 Å². The molecule has 1 N–H and O–H groups in total. The Labute approximate surface area is 77.7 Å². The van der Waals surface area contributed by atoms with Gasteiger partial charge in [-0.15, -0.1) is 0 Å². The van der Waals surface area contributed by atoms with Crippen molar-refractivity contribution in [2.75, 3.05) is 7.11 Å². The van der Waals surface area contributed by atoms with Crippen LogP contribution in [0.1, 0.15) is 25.7 Å². The Morgan fingerprint density at radius 1 is 1.54 bits per heavy atom. The Kier molecular flexibility index (Phi) is 3.55. The molecule has 13 heavy (non-hydrogen) atoms. The topological polar surface area (TPSA) is 46.5 Å². The summed E-state index contributed by atoms with van der Waals surface area (Å²) in [7, 11) is 1.65. The zero-order chi connectivity index (χ0) is 9.68. The van der Waals surface area contributed by atoms with Gasteiger partial charge in [0.25, 0.3) is 0 Å². The molecule has 0 radical (unpaired) electrons. The molecule has 0 spiro atoms. The van der Waals surface area contributed by atoms with Gasteiger partial charge in [-0.25, -0.2) is 0 Å². The maximum Gasteiger partial charge on any atom is 0.303 e. The minimum absolute atomic E-state index is 0.224. The van der Waals surface area contributed by atoms with Crippen LogP contribution in [0.25, 0.3) is 0 Å². The summed E-state index contributed by atoms with van der Waals surface area (Å²) in [5.74, 6) is 0.237. The number of carboxylic acid groups (broad SMARTS) is 1. The highest BCUT2D eigenvalue weighted by atomic mass is 16.5. The molecule has 0 saturated carbocycles. The number of aliphatic carboxylic acids is 1. The summed E-state index contributed by atoms with van der Waals surface area (Å²) in [6.07, 6.45) is 6.58. The first-order valence-electron chi connectivity index (χ1n) is 4.35. The zero-order valence-electron chi connectivity index (χ0n) is 7.75. The molecule has 0 aromatic heterocycles. The molecule has 0 heterocycles. The molecule has 0 bridgehead atoms. The number of allylic oxidation sites excluding steroid dienone is 3. The van der Waals surface area contributed by atoms with Crippen molar-refractivity contribution in [2.24, 2.45) is 0 Å². The maximum atomic E-state index is 10.3. The van der Waals surface area contributed by atoms with Crippen LogP contribution in [-0.4, -0.2) is 18.2 Å². The minimum Gasteiger partial charge on any atom is -0.501 e. The molecule has 3 heteroatoms. The highest BCUT2D eigenvalue weighted by molar-refractivity contribution is 5.67. The fourth-order valence-electron chi connectivity index (χ4n) is 1.29. The lowest BCUT2D eigenvalue weighted by Crippen LogP contribution is -1.99. The van der Waals surface area contributed by atoms with Gasteiger partial charge in [-0.1, -0.05) is 11.6 Å². The van der Waals surface area contributed by atoms with E-state index >= 15 is 0 Å². The van der Waals surface area contributed by atoms with E-state index in [1.807, 2.05) is 6.08 Å². The quantitative estimate of drug-likeness (QED) is 0.677. The number of carbonyl (C=O) groups is 1. The SMILES string of the molecule is COC1=CCC(CCC(=O)O)=CC1. The summed E-state index contributed by atoms with van der Waals surface area (Å²) >= 11 is 0. The first-order valence-corrected chi connectivity index (χ1v) is 4.35. The lowest BCUT2D eigenvalue weighted by Gasteiger charge is -2.11. The smallest absolute Gasteiger partial charge is 0.303 e. The molecule has 0 saturated heterocycles. The zero-order valence-corrected chi connectivity index (χ0v) is 7.75. The van der Waals surface area contributed by atoms with Crippen molar-refractivity contribution < 1.29 is 14.6 Å². The highest BCUT2D eigenvalue weighted by Gasteiger charge is 2.06. The van der Waals surface area contributed by atoms with Crippen molar-refractivity contribution >= 4 is 5.97 Å². The molecule has 1 aliphatic carbocycles. The fourth-order valence-corrected chi connectivity index (χ4v) is 1.29. The number of rotatable bonds is 4. The molecule has 3 nitrogen and oxygen atoms in total. The molecule has 0 fully saturated rings. The van der Waals surface area contributed by atoms with Crippen molar-refractivity contribution in [3.8, 4) is 0 Å². The molecular weight excluding hydrogens is 168 g/mol. The van der Waals surface area contributed by atoms with E-state index in [2.05, 4.69) is 6.08 Å². The molecule has 72 valence electrons. The van der Waals surface area contributed by atoms with Gasteiger partial charge in [0.2, 0.25) is 0 Å². The third-order valence-electron chi connectivity index (χ3n) is 2.11. The van der Waals surface area contributed by atoms with Gasteiger partial charge in [0.05, 0.1) is 12.9 Å². The largest absolute Gasteiger partial charge is 0.501 e. The number of carboxylic acids is 1. The fraction of sp³-hybridized carbons (Fsp3) is 0.500. The van der Waals surface area contributed by atoms with Crippen molar-refractivity contribution in [3.05, 3.63) is 23.5 Å². The van der Waals surface area contributed by atoms with Gasteiger partial charge >= 0.3 is 5.97 Å². The van der Waals surface area contributed by atoms with E-state index in [0.29, 0.717) is 6.42 Å². The number of hydrogen-bond acceptors (Lipinski definition) is 2. The second kappa shape index (κ2) is 4.70. The van der Waals surface area contributed by atoms with Crippen molar-refractivity contribution in [1.82, 2.24) is 0 Å². The Morgan fingerprint density at radius 3 is 2.77 bits per heavy atom. The van der Waals surface area contributed by atoms with Crippen LogP contribution in [0, 0.1) is 0 Å². The average Bonchev–Trinajstić information content (AvgIpc) is 2.15. The van der Waals surface area contributed by atoms with E-state index in [9.17, 15) is 4.79 Å². The Balaban J connectivity index is 2.32. The monoisotopic (exact) mass is 182 g/mol. The first-order chi connectivity index (χ1) is 6.22. The molecule has 1 aliphatic rings. The number of methoxy groups -OCH3 is 1. The number of ether oxygens (including phenoxy) is 1. The van der Waals surface area contributed by atoms with Crippen LogP contribution in [0.15, 0.2) is 23.5 Å². The van der Waals surface area contributed by atoms with Crippen LogP contribution >= 0.6 is 0 Å². The van der Waals surface area contributed by atoms with E-state index in [-0.39, 0.29) is 6.42 Å². The highest BCUT2D eigenvalue weighted by Crippen LogP contribution is 2.20. The predicted molar refractivity (Wildman–Crippen MR) is 49.3 cm³/mol. The maximum absolute atomic E-state index is 10.3. The van der Waals surface area contributed by atoms with Crippen LogP contribution < -0.4 is 0 Å². The van der Waals surface area contributed by atoms with Gasteiger partial charge in [0.15, 0.2) is 0 Å². The minimum atomic E-state index is -0.734. The summed E-state index contributed by atoms with van der Waals surface area (Å²) < 4.78 is 5.07. The van der Waals surface area contributed by atoms with Crippen LogP contribution in [0.4, 0.5) is 0 Å². The summed E-state index contributed by atoms with van der Waals surface area (Å²) in [6, 6.07) is 0.